The van der Waals surface area contributed by atoms with E-state index in [0.717, 1.165) is 10.9 Å². The summed E-state index contributed by atoms with van der Waals surface area (Å²) in [6, 6.07) is 3.17. The summed E-state index contributed by atoms with van der Waals surface area (Å²) in [6.07, 6.45) is 4.56. The van der Waals surface area contributed by atoms with E-state index in [9.17, 15) is 9.59 Å². The van der Waals surface area contributed by atoms with E-state index in [1.807, 2.05) is 13.0 Å². The van der Waals surface area contributed by atoms with E-state index in [2.05, 4.69) is 26.2 Å². The van der Waals surface area contributed by atoms with Crippen LogP contribution in [0.4, 0.5) is 5.82 Å². The number of amides is 2. The van der Waals surface area contributed by atoms with Gasteiger partial charge >= 0.3 is 0 Å². The second kappa shape index (κ2) is 9.96. The second-order valence-electron chi connectivity index (χ2n) is 5.85. The molecule has 0 aromatic carbocycles. The number of nitrogens with one attached hydrogen (secondary N) is 1. The molecule has 1 aromatic heterocycles. The van der Waals surface area contributed by atoms with E-state index >= 15 is 0 Å². The van der Waals surface area contributed by atoms with Crippen molar-refractivity contribution >= 4 is 46.0 Å². The normalized spacial score (nSPS) is 16.2. The quantitative estimate of drug-likeness (QED) is 0.768. The van der Waals surface area contributed by atoms with Crippen molar-refractivity contribution in [3.05, 3.63) is 22.8 Å². The molecule has 3 N–H and O–H groups in total. The number of rotatable bonds is 5. The Kier molecular flexibility index (Phi) is 8.66. The van der Waals surface area contributed by atoms with Crippen molar-refractivity contribution in [3.8, 4) is 0 Å². The number of halogens is 2. The molecule has 2 rings (SSSR count). The molecule has 134 valence electrons. The van der Waals surface area contributed by atoms with Gasteiger partial charge in [-0.15, -0.1) is 12.4 Å². The van der Waals surface area contributed by atoms with Gasteiger partial charge in [0.25, 0.3) is 0 Å². The lowest BCUT2D eigenvalue weighted by atomic mass is 9.95. The first kappa shape index (κ1) is 20.9. The molecule has 1 saturated heterocycles. The highest BCUT2D eigenvalue weighted by atomic mass is 79.9. The van der Waals surface area contributed by atoms with Crippen molar-refractivity contribution in [2.45, 2.75) is 38.6 Å². The van der Waals surface area contributed by atoms with E-state index in [1.54, 1.807) is 17.2 Å². The number of aromatic nitrogens is 1. The maximum absolute atomic E-state index is 12.3. The lowest BCUT2D eigenvalue weighted by molar-refractivity contribution is -0.135. The minimum Gasteiger partial charge on any atom is -0.341 e. The first-order valence-electron chi connectivity index (χ1n) is 7.98. The van der Waals surface area contributed by atoms with E-state index < -0.39 is 6.04 Å². The fourth-order valence-electron chi connectivity index (χ4n) is 2.71. The highest BCUT2D eigenvalue weighted by Crippen LogP contribution is 2.20. The van der Waals surface area contributed by atoms with Crippen LogP contribution in [-0.2, 0) is 9.59 Å². The Morgan fingerprint density at radius 1 is 1.42 bits per heavy atom. The van der Waals surface area contributed by atoms with Crippen LogP contribution < -0.4 is 11.1 Å². The summed E-state index contributed by atoms with van der Waals surface area (Å²) in [7, 11) is 0. The summed E-state index contributed by atoms with van der Waals surface area (Å²) in [5.41, 5.74) is 5.88. The molecular formula is C16H24BrClN4O2. The third-order valence-corrected chi connectivity index (χ3v) is 4.54. The van der Waals surface area contributed by atoms with Crippen LogP contribution in [0.5, 0.6) is 0 Å². The Morgan fingerprint density at radius 3 is 2.62 bits per heavy atom. The molecule has 2 heterocycles. The average Bonchev–Trinajstić information content (AvgIpc) is 2.56. The number of nitrogens with zero attached hydrogens (tertiary/aromatic N) is 2. The number of carbonyl (C=O) groups is 2. The van der Waals surface area contributed by atoms with Crippen LogP contribution >= 0.6 is 28.3 Å². The number of hydrogen-bond donors (Lipinski definition) is 2. The predicted molar refractivity (Wildman–Crippen MR) is 100 cm³/mol. The molecule has 1 aromatic rings. The second-order valence-corrected chi connectivity index (χ2v) is 6.76. The Hall–Kier alpha value is -1.18. The summed E-state index contributed by atoms with van der Waals surface area (Å²) < 4.78 is 0.866. The van der Waals surface area contributed by atoms with Gasteiger partial charge < -0.3 is 16.0 Å². The Labute approximate surface area is 157 Å². The zero-order valence-electron chi connectivity index (χ0n) is 13.7. The van der Waals surface area contributed by atoms with Crippen molar-refractivity contribution in [2.24, 2.45) is 11.7 Å². The van der Waals surface area contributed by atoms with Crippen LogP contribution in [0, 0.1) is 5.92 Å². The number of carbonyl (C=O) groups excluding carboxylic acids is 2. The van der Waals surface area contributed by atoms with Crippen LogP contribution in [-0.4, -0.2) is 40.8 Å². The topological polar surface area (TPSA) is 88.3 Å². The summed E-state index contributed by atoms with van der Waals surface area (Å²) in [6.45, 7) is 3.18. The molecule has 1 unspecified atom stereocenters. The van der Waals surface area contributed by atoms with Crippen molar-refractivity contribution in [3.63, 3.8) is 0 Å². The SMILES string of the molecule is CCCC(N)C(=O)N1CCC(C(=O)Nc2ccc(Br)cn2)CC1.Cl. The van der Waals surface area contributed by atoms with Crippen LogP contribution in [0.3, 0.4) is 0 Å². The van der Waals surface area contributed by atoms with Crippen LogP contribution in [0.15, 0.2) is 22.8 Å². The third-order valence-electron chi connectivity index (χ3n) is 4.07. The molecule has 0 aliphatic carbocycles. The van der Waals surface area contributed by atoms with Crippen molar-refractivity contribution in [2.75, 3.05) is 18.4 Å². The minimum absolute atomic E-state index is 0. The average molecular weight is 420 g/mol. The number of anilines is 1. The van der Waals surface area contributed by atoms with Crippen molar-refractivity contribution in [1.29, 1.82) is 0 Å². The van der Waals surface area contributed by atoms with E-state index in [0.29, 0.717) is 38.2 Å². The van der Waals surface area contributed by atoms with Gasteiger partial charge in [-0.25, -0.2) is 4.98 Å². The molecule has 1 atom stereocenters. The molecule has 2 amide bonds. The van der Waals surface area contributed by atoms with Crippen LogP contribution in [0.2, 0.25) is 0 Å². The lowest BCUT2D eigenvalue weighted by Crippen LogP contribution is -2.48. The molecule has 1 aliphatic heterocycles. The van der Waals surface area contributed by atoms with Gasteiger partial charge in [-0.1, -0.05) is 13.3 Å². The monoisotopic (exact) mass is 418 g/mol. The smallest absolute Gasteiger partial charge is 0.239 e. The first-order valence-corrected chi connectivity index (χ1v) is 8.77. The largest absolute Gasteiger partial charge is 0.341 e. The van der Waals surface area contributed by atoms with Gasteiger partial charge in [0.1, 0.15) is 5.82 Å². The predicted octanol–water partition coefficient (Wildman–Crippen LogP) is 2.57. The molecule has 6 nitrogen and oxygen atoms in total. The fourth-order valence-corrected chi connectivity index (χ4v) is 2.94. The molecular weight excluding hydrogens is 396 g/mol. The summed E-state index contributed by atoms with van der Waals surface area (Å²) in [5.74, 6) is 0.415. The van der Waals surface area contributed by atoms with Crippen LogP contribution in [0.25, 0.3) is 0 Å². The molecule has 1 fully saturated rings. The van der Waals surface area contributed by atoms with Gasteiger partial charge in [0, 0.05) is 29.7 Å². The number of likely N-dealkylation sites (tertiary alicyclic amines) is 1. The highest BCUT2D eigenvalue weighted by molar-refractivity contribution is 9.10. The van der Waals surface area contributed by atoms with Gasteiger partial charge in [-0.05, 0) is 47.3 Å². The molecule has 0 radical (unpaired) electrons. The number of pyridine rings is 1. The molecule has 1 aliphatic rings. The molecule has 0 bridgehead atoms. The van der Waals surface area contributed by atoms with Crippen molar-refractivity contribution in [1.82, 2.24) is 9.88 Å². The minimum atomic E-state index is -0.419. The number of hydrogen-bond acceptors (Lipinski definition) is 4. The van der Waals surface area contributed by atoms with E-state index in [1.165, 1.54) is 0 Å². The fraction of sp³-hybridized carbons (Fsp3) is 0.562. The van der Waals surface area contributed by atoms with Crippen molar-refractivity contribution < 1.29 is 9.59 Å². The van der Waals surface area contributed by atoms with Gasteiger partial charge in [0.05, 0.1) is 6.04 Å². The standard InChI is InChI=1S/C16H23BrN4O2.ClH/c1-2-3-13(18)16(23)21-8-6-11(7-9-21)15(22)20-14-5-4-12(17)10-19-14;/h4-5,10-11,13H,2-3,6-9,18H2,1H3,(H,19,20,22);1H. The number of piperidine rings is 1. The summed E-state index contributed by atoms with van der Waals surface area (Å²) >= 11 is 3.31. The molecule has 8 heteroatoms. The molecule has 0 saturated carbocycles. The Balaban J connectivity index is 0.00000288. The van der Waals surface area contributed by atoms with Gasteiger partial charge in [0.15, 0.2) is 0 Å². The maximum Gasteiger partial charge on any atom is 0.239 e. The maximum atomic E-state index is 12.3. The first-order chi connectivity index (χ1) is 11.0. The molecule has 24 heavy (non-hydrogen) atoms. The van der Waals surface area contributed by atoms with Crippen LogP contribution in [0.1, 0.15) is 32.6 Å². The summed E-state index contributed by atoms with van der Waals surface area (Å²) in [4.78, 5) is 30.4. The third kappa shape index (κ3) is 5.72. The number of nitrogens with two attached hydrogens (primary N) is 1. The Bertz CT molecular complexity index is 548. The van der Waals surface area contributed by atoms with E-state index in [-0.39, 0.29) is 30.1 Å². The summed E-state index contributed by atoms with van der Waals surface area (Å²) in [5, 5.41) is 2.83. The van der Waals surface area contributed by atoms with Gasteiger partial charge in [-0.2, -0.15) is 0 Å². The van der Waals surface area contributed by atoms with Gasteiger partial charge in [-0.3, -0.25) is 9.59 Å². The van der Waals surface area contributed by atoms with E-state index in [4.69, 9.17) is 5.73 Å². The zero-order valence-corrected chi connectivity index (χ0v) is 16.1. The molecule has 0 spiro atoms. The lowest BCUT2D eigenvalue weighted by Gasteiger charge is -2.32. The Morgan fingerprint density at radius 2 is 2.08 bits per heavy atom. The highest BCUT2D eigenvalue weighted by Gasteiger charge is 2.29. The van der Waals surface area contributed by atoms with Gasteiger partial charge in [0.2, 0.25) is 11.8 Å². The zero-order chi connectivity index (χ0) is 16.8.